The van der Waals surface area contributed by atoms with Crippen LogP contribution in [0.2, 0.25) is 0 Å². The Morgan fingerprint density at radius 2 is 1.75 bits per heavy atom. The molecule has 2 aliphatic rings. The van der Waals surface area contributed by atoms with E-state index in [0.29, 0.717) is 6.04 Å². The minimum absolute atomic E-state index is 0.0985. The van der Waals surface area contributed by atoms with Gasteiger partial charge in [-0.25, -0.2) is 9.07 Å². The molecule has 0 radical (unpaired) electrons. The third-order valence-corrected chi connectivity index (χ3v) is 6.72. The van der Waals surface area contributed by atoms with Crippen molar-refractivity contribution in [1.29, 1.82) is 0 Å². The molecule has 1 aromatic heterocycles. The fraction of sp³-hybridized carbons (Fsp3) is 0.458. The molecule has 2 fully saturated rings. The fourth-order valence-corrected chi connectivity index (χ4v) is 5.00. The van der Waals surface area contributed by atoms with E-state index < -0.39 is 0 Å². The van der Waals surface area contributed by atoms with E-state index in [9.17, 15) is 4.39 Å². The first-order valence-corrected chi connectivity index (χ1v) is 11.4. The normalized spacial score (nSPS) is 18.8. The summed E-state index contributed by atoms with van der Waals surface area (Å²) in [5.41, 5.74) is 2.19. The maximum atomic E-state index is 13.7. The summed E-state index contributed by atoms with van der Waals surface area (Å²) in [5, 5.41) is 12.9. The number of piperazine rings is 1. The van der Waals surface area contributed by atoms with Crippen LogP contribution in [0.3, 0.4) is 0 Å². The van der Waals surface area contributed by atoms with Gasteiger partial charge in [0.1, 0.15) is 11.6 Å². The average Bonchev–Trinajstić information content (AvgIpc) is 3.53. The molecule has 2 heterocycles. The van der Waals surface area contributed by atoms with Crippen molar-refractivity contribution in [2.24, 2.45) is 0 Å². The van der Waals surface area contributed by atoms with E-state index in [-0.39, 0.29) is 11.9 Å². The van der Waals surface area contributed by atoms with Gasteiger partial charge in [0.15, 0.2) is 5.82 Å². The molecule has 0 N–H and O–H groups in total. The zero-order valence-electron chi connectivity index (χ0n) is 18.4. The lowest BCUT2D eigenvalue weighted by atomic mass is 10.0. The second-order valence-corrected chi connectivity index (χ2v) is 8.60. The Balaban J connectivity index is 1.41. The molecule has 0 amide bonds. The quantitative estimate of drug-likeness (QED) is 0.585. The highest BCUT2D eigenvalue weighted by Gasteiger charge is 2.33. The number of hydrogen-bond acceptors (Lipinski definition) is 6. The third kappa shape index (κ3) is 4.19. The zero-order chi connectivity index (χ0) is 21.9. The maximum absolute atomic E-state index is 13.7. The van der Waals surface area contributed by atoms with Gasteiger partial charge >= 0.3 is 0 Å². The second-order valence-electron chi connectivity index (χ2n) is 8.60. The van der Waals surface area contributed by atoms with Gasteiger partial charge in [0, 0.05) is 37.9 Å². The lowest BCUT2D eigenvalue weighted by Gasteiger charge is -2.40. The molecule has 32 heavy (non-hydrogen) atoms. The molecule has 1 aliphatic carbocycles. The summed E-state index contributed by atoms with van der Waals surface area (Å²) in [6, 6.07) is 15.2. The fourth-order valence-electron chi connectivity index (χ4n) is 5.00. The number of halogens is 1. The van der Waals surface area contributed by atoms with Crippen LogP contribution >= 0.6 is 0 Å². The van der Waals surface area contributed by atoms with E-state index in [2.05, 4.69) is 37.5 Å². The van der Waals surface area contributed by atoms with E-state index in [0.717, 1.165) is 61.8 Å². The van der Waals surface area contributed by atoms with Crippen LogP contribution in [0.15, 0.2) is 48.5 Å². The predicted molar refractivity (Wildman–Crippen MR) is 120 cm³/mol. The highest BCUT2D eigenvalue weighted by molar-refractivity contribution is 5.51. The Morgan fingerprint density at radius 3 is 2.47 bits per heavy atom. The molecule has 168 valence electrons. The van der Waals surface area contributed by atoms with E-state index >= 15 is 0 Å². The van der Waals surface area contributed by atoms with Gasteiger partial charge in [0.05, 0.1) is 19.2 Å². The molecule has 3 aromatic rings. The van der Waals surface area contributed by atoms with Crippen LogP contribution in [0.1, 0.15) is 49.2 Å². The minimum Gasteiger partial charge on any atom is -0.497 e. The van der Waals surface area contributed by atoms with Crippen LogP contribution in [-0.4, -0.2) is 58.4 Å². The zero-order valence-corrected chi connectivity index (χ0v) is 18.4. The van der Waals surface area contributed by atoms with Gasteiger partial charge in [0.2, 0.25) is 0 Å². The molecule has 1 atom stereocenters. The molecule has 0 bridgehead atoms. The number of rotatable bonds is 6. The summed E-state index contributed by atoms with van der Waals surface area (Å²) in [6.07, 6.45) is 4.64. The Bertz CT molecular complexity index is 1020. The number of methoxy groups -OCH3 is 1. The molecule has 7 nitrogen and oxygen atoms in total. The topological polar surface area (TPSA) is 59.3 Å². The first-order chi connectivity index (χ1) is 15.7. The molecule has 1 saturated carbocycles. The van der Waals surface area contributed by atoms with Gasteiger partial charge < -0.3 is 9.64 Å². The van der Waals surface area contributed by atoms with Gasteiger partial charge in [-0.05, 0) is 53.1 Å². The van der Waals surface area contributed by atoms with Crippen molar-refractivity contribution >= 4 is 5.69 Å². The van der Waals surface area contributed by atoms with Gasteiger partial charge in [-0.1, -0.05) is 31.0 Å². The highest BCUT2D eigenvalue weighted by Crippen LogP contribution is 2.35. The Kier molecular flexibility index (Phi) is 6.03. The summed E-state index contributed by atoms with van der Waals surface area (Å²) >= 11 is 0. The van der Waals surface area contributed by atoms with E-state index in [1.165, 1.54) is 25.0 Å². The van der Waals surface area contributed by atoms with E-state index in [1.807, 2.05) is 28.9 Å². The van der Waals surface area contributed by atoms with Crippen molar-refractivity contribution in [2.45, 2.75) is 37.8 Å². The molecule has 1 saturated heterocycles. The monoisotopic (exact) mass is 436 g/mol. The van der Waals surface area contributed by atoms with Crippen LogP contribution in [0.4, 0.5) is 10.1 Å². The first kappa shape index (κ1) is 20.9. The Hall–Kier alpha value is -3.00. The molecular formula is C24H29FN6O. The van der Waals surface area contributed by atoms with Gasteiger partial charge in [-0.15, -0.1) is 5.10 Å². The highest BCUT2D eigenvalue weighted by atomic mass is 19.1. The van der Waals surface area contributed by atoms with Crippen LogP contribution in [-0.2, 0) is 0 Å². The molecule has 2 aromatic carbocycles. The lowest BCUT2D eigenvalue weighted by molar-refractivity contribution is 0.197. The SMILES string of the molecule is COc1cccc(N2CCN(C(c3ccc(F)cc3)c3nnnn3C3CCCC3)CC2)c1. The second kappa shape index (κ2) is 9.24. The number of tetrazole rings is 1. The summed E-state index contributed by atoms with van der Waals surface area (Å²) in [4.78, 5) is 4.79. The molecular weight excluding hydrogens is 407 g/mol. The summed E-state index contributed by atoms with van der Waals surface area (Å²) in [7, 11) is 1.69. The number of benzene rings is 2. The summed E-state index contributed by atoms with van der Waals surface area (Å²) in [6.45, 7) is 3.49. The van der Waals surface area contributed by atoms with Crippen molar-refractivity contribution < 1.29 is 9.13 Å². The average molecular weight is 437 g/mol. The number of ether oxygens (including phenoxy) is 1. The van der Waals surface area contributed by atoms with Crippen molar-refractivity contribution in [3.05, 3.63) is 65.7 Å². The molecule has 1 unspecified atom stereocenters. The maximum Gasteiger partial charge on any atom is 0.173 e. The van der Waals surface area contributed by atoms with Crippen LogP contribution in [0, 0.1) is 5.82 Å². The predicted octanol–water partition coefficient (Wildman–Crippen LogP) is 3.85. The van der Waals surface area contributed by atoms with Crippen LogP contribution in [0.25, 0.3) is 0 Å². The smallest absolute Gasteiger partial charge is 0.173 e. The van der Waals surface area contributed by atoms with E-state index in [1.54, 1.807) is 7.11 Å². The van der Waals surface area contributed by atoms with E-state index in [4.69, 9.17) is 4.74 Å². The number of hydrogen-bond donors (Lipinski definition) is 0. The van der Waals surface area contributed by atoms with Gasteiger partial charge in [-0.2, -0.15) is 0 Å². The van der Waals surface area contributed by atoms with Crippen molar-refractivity contribution in [3.8, 4) is 5.75 Å². The largest absolute Gasteiger partial charge is 0.497 e. The number of nitrogens with zero attached hydrogens (tertiary/aromatic N) is 6. The molecule has 5 rings (SSSR count). The van der Waals surface area contributed by atoms with Crippen molar-refractivity contribution in [3.63, 3.8) is 0 Å². The van der Waals surface area contributed by atoms with Crippen molar-refractivity contribution in [1.82, 2.24) is 25.1 Å². The summed E-state index contributed by atoms with van der Waals surface area (Å²) in [5.74, 6) is 1.49. The van der Waals surface area contributed by atoms with Crippen molar-refractivity contribution in [2.75, 3.05) is 38.2 Å². The first-order valence-electron chi connectivity index (χ1n) is 11.4. The Morgan fingerprint density at radius 1 is 1.00 bits per heavy atom. The molecule has 1 aliphatic heterocycles. The molecule has 8 heteroatoms. The molecule has 0 spiro atoms. The number of aromatic nitrogens is 4. The lowest BCUT2D eigenvalue weighted by Crippen LogP contribution is -2.48. The summed E-state index contributed by atoms with van der Waals surface area (Å²) < 4.78 is 21.1. The van der Waals surface area contributed by atoms with Crippen LogP contribution in [0.5, 0.6) is 5.75 Å². The van der Waals surface area contributed by atoms with Gasteiger partial charge in [0.25, 0.3) is 0 Å². The van der Waals surface area contributed by atoms with Gasteiger partial charge in [-0.3, -0.25) is 4.90 Å². The standard InChI is InChI=1S/C24H29FN6O/c1-32-22-8-4-7-21(17-22)29-13-15-30(16-14-29)23(18-9-11-19(25)12-10-18)24-26-27-28-31(24)20-5-2-3-6-20/h4,7-12,17,20,23H,2-3,5-6,13-16H2,1H3. The number of anilines is 1. The minimum atomic E-state index is -0.231. The third-order valence-electron chi connectivity index (χ3n) is 6.72. The van der Waals surface area contributed by atoms with Crippen LogP contribution < -0.4 is 9.64 Å². The Labute approximate surface area is 187 Å².